The summed E-state index contributed by atoms with van der Waals surface area (Å²) in [6.07, 6.45) is 2.74. The lowest BCUT2D eigenvalue weighted by Crippen LogP contribution is -2.42. The van der Waals surface area contributed by atoms with Crippen LogP contribution < -0.4 is 14.9 Å². The van der Waals surface area contributed by atoms with E-state index in [4.69, 9.17) is 21.1 Å². The maximum absolute atomic E-state index is 12.6. The van der Waals surface area contributed by atoms with Gasteiger partial charge in [-0.1, -0.05) is 11.6 Å². The Morgan fingerprint density at radius 1 is 1.07 bits per heavy atom. The van der Waals surface area contributed by atoms with Gasteiger partial charge >= 0.3 is 0 Å². The molecule has 1 fully saturated rings. The van der Waals surface area contributed by atoms with E-state index in [2.05, 4.69) is 10.5 Å². The van der Waals surface area contributed by atoms with Gasteiger partial charge in [0.25, 0.3) is 5.91 Å². The Morgan fingerprint density at radius 3 is 2.37 bits per heavy atom. The van der Waals surface area contributed by atoms with Crippen LogP contribution in [0, 0.1) is 5.92 Å². The van der Waals surface area contributed by atoms with Crippen molar-refractivity contribution in [3.05, 3.63) is 58.6 Å². The van der Waals surface area contributed by atoms with Crippen molar-refractivity contribution in [3.63, 3.8) is 0 Å². The summed E-state index contributed by atoms with van der Waals surface area (Å²) in [7, 11) is 3.13. The molecule has 30 heavy (non-hydrogen) atoms. The predicted molar refractivity (Wildman–Crippen MR) is 115 cm³/mol. The van der Waals surface area contributed by atoms with Crippen LogP contribution in [0.25, 0.3) is 0 Å². The Hall–Kier alpha value is -3.06. The van der Waals surface area contributed by atoms with E-state index < -0.39 is 0 Å². The lowest BCUT2D eigenvalue weighted by molar-refractivity contribution is -0.126. The van der Waals surface area contributed by atoms with E-state index in [0.29, 0.717) is 48.0 Å². The van der Waals surface area contributed by atoms with Crippen molar-refractivity contribution in [2.24, 2.45) is 11.0 Å². The molecule has 0 bridgehead atoms. The van der Waals surface area contributed by atoms with Gasteiger partial charge in [-0.2, -0.15) is 5.10 Å². The topological polar surface area (TPSA) is 80.2 Å². The molecule has 0 radical (unpaired) electrons. The molecule has 7 nitrogen and oxygen atoms in total. The smallest absolute Gasteiger partial charge is 0.253 e. The zero-order valence-electron chi connectivity index (χ0n) is 16.9. The van der Waals surface area contributed by atoms with Crippen molar-refractivity contribution < 1.29 is 19.1 Å². The van der Waals surface area contributed by atoms with Crippen LogP contribution in [0.1, 0.15) is 28.8 Å². The lowest BCUT2D eigenvalue weighted by atomic mass is 9.95. The standard InChI is InChI=1S/C22H24ClN3O4/c1-29-19-8-3-15(13-20(19)30-2)14-24-25-21(27)16-9-11-26(12-10-16)22(28)17-4-6-18(23)7-5-17/h3-8,13-14,16H,9-12H2,1-2H3,(H,25,27)/b24-14-. The van der Waals surface area contributed by atoms with Crippen LogP contribution in [-0.2, 0) is 4.79 Å². The number of rotatable bonds is 6. The Morgan fingerprint density at radius 2 is 1.73 bits per heavy atom. The van der Waals surface area contributed by atoms with Crippen molar-refractivity contribution >= 4 is 29.6 Å². The number of amides is 2. The Labute approximate surface area is 180 Å². The maximum atomic E-state index is 12.6. The maximum Gasteiger partial charge on any atom is 0.253 e. The number of hydrogen-bond acceptors (Lipinski definition) is 5. The molecule has 2 aromatic carbocycles. The van der Waals surface area contributed by atoms with Gasteiger partial charge in [0.2, 0.25) is 5.91 Å². The number of nitrogens with zero attached hydrogens (tertiary/aromatic N) is 2. The summed E-state index contributed by atoms with van der Waals surface area (Å²) in [5.41, 5.74) is 3.96. The average Bonchev–Trinajstić information content (AvgIpc) is 2.79. The van der Waals surface area contributed by atoms with E-state index in [0.717, 1.165) is 5.56 Å². The fraction of sp³-hybridized carbons (Fsp3) is 0.318. The SMILES string of the molecule is COc1ccc(/C=N\NC(=O)C2CCN(C(=O)c3ccc(Cl)cc3)CC2)cc1OC. The highest BCUT2D eigenvalue weighted by Crippen LogP contribution is 2.27. The van der Waals surface area contributed by atoms with E-state index >= 15 is 0 Å². The average molecular weight is 430 g/mol. The number of carbonyl (C=O) groups is 2. The molecular weight excluding hydrogens is 406 g/mol. The third-order valence-electron chi connectivity index (χ3n) is 5.04. The molecule has 0 saturated carbocycles. The predicted octanol–water partition coefficient (Wildman–Crippen LogP) is 3.36. The second-order valence-electron chi connectivity index (χ2n) is 6.92. The summed E-state index contributed by atoms with van der Waals surface area (Å²) < 4.78 is 10.5. The number of piperidine rings is 1. The minimum Gasteiger partial charge on any atom is -0.493 e. The normalized spacial score (nSPS) is 14.6. The zero-order valence-corrected chi connectivity index (χ0v) is 17.7. The third-order valence-corrected chi connectivity index (χ3v) is 5.29. The van der Waals surface area contributed by atoms with Gasteiger partial charge in [0.15, 0.2) is 11.5 Å². The van der Waals surface area contributed by atoms with Crippen LogP contribution in [-0.4, -0.2) is 50.2 Å². The molecule has 8 heteroatoms. The first-order valence-corrected chi connectivity index (χ1v) is 9.99. The molecule has 3 rings (SSSR count). The molecule has 1 heterocycles. The molecule has 1 aliphatic rings. The summed E-state index contributed by atoms with van der Waals surface area (Å²) in [5.74, 6) is 0.841. The molecule has 2 aromatic rings. The van der Waals surface area contributed by atoms with Crippen LogP contribution in [0.5, 0.6) is 11.5 Å². The lowest BCUT2D eigenvalue weighted by Gasteiger charge is -2.31. The molecular formula is C22H24ClN3O4. The number of methoxy groups -OCH3 is 2. The highest BCUT2D eigenvalue weighted by Gasteiger charge is 2.27. The molecule has 2 amide bonds. The number of halogens is 1. The summed E-state index contributed by atoms with van der Waals surface area (Å²) in [6.45, 7) is 1.05. The van der Waals surface area contributed by atoms with Crippen molar-refractivity contribution in [1.82, 2.24) is 10.3 Å². The van der Waals surface area contributed by atoms with Gasteiger partial charge in [0.1, 0.15) is 0 Å². The van der Waals surface area contributed by atoms with Crippen LogP contribution in [0.15, 0.2) is 47.6 Å². The monoisotopic (exact) mass is 429 g/mol. The molecule has 0 spiro atoms. The van der Waals surface area contributed by atoms with Crippen molar-refractivity contribution in [3.8, 4) is 11.5 Å². The van der Waals surface area contributed by atoms with Crippen molar-refractivity contribution in [2.45, 2.75) is 12.8 Å². The van der Waals surface area contributed by atoms with Crippen LogP contribution in [0.3, 0.4) is 0 Å². The van der Waals surface area contributed by atoms with Crippen molar-refractivity contribution in [2.75, 3.05) is 27.3 Å². The van der Waals surface area contributed by atoms with Crippen LogP contribution >= 0.6 is 11.6 Å². The summed E-state index contributed by atoms with van der Waals surface area (Å²) in [6, 6.07) is 12.2. The number of benzene rings is 2. The first kappa shape index (κ1) is 21.6. The van der Waals surface area contributed by atoms with Gasteiger partial charge in [-0.3, -0.25) is 9.59 Å². The molecule has 1 aliphatic heterocycles. The minimum atomic E-state index is -0.179. The second-order valence-corrected chi connectivity index (χ2v) is 7.36. The minimum absolute atomic E-state index is 0.0444. The number of hydrazone groups is 1. The first-order chi connectivity index (χ1) is 14.5. The molecule has 1 N–H and O–H groups in total. The number of nitrogens with one attached hydrogen (secondary N) is 1. The van der Waals surface area contributed by atoms with E-state index in [-0.39, 0.29) is 17.7 Å². The van der Waals surface area contributed by atoms with E-state index in [1.165, 1.54) is 0 Å². The van der Waals surface area contributed by atoms with Crippen LogP contribution in [0.4, 0.5) is 0 Å². The van der Waals surface area contributed by atoms with E-state index in [1.54, 1.807) is 61.7 Å². The molecule has 158 valence electrons. The number of likely N-dealkylation sites (tertiary alicyclic amines) is 1. The first-order valence-electron chi connectivity index (χ1n) is 9.61. The van der Waals surface area contributed by atoms with Crippen molar-refractivity contribution in [1.29, 1.82) is 0 Å². The Balaban J connectivity index is 1.50. The van der Waals surface area contributed by atoms with Gasteiger partial charge in [-0.15, -0.1) is 0 Å². The fourth-order valence-electron chi connectivity index (χ4n) is 3.31. The number of hydrogen-bond donors (Lipinski definition) is 1. The summed E-state index contributed by atoms with van der Waals surface area (Å²) >= 11 is 5.87. The Bertz CT molecular complexity index is 922. The fourth-order valence-corrected chi connectivity index (χ4v) is 3.44. The highest BCUT2D eigenvalue weighted by atomic mass is 35.5. The molecule has 0 atom stereocenters. The summed E-state index contributed by atoms with van der Waals surface area (Å²) in [5, 5.41) is 4.64. The van der Waals surface area contributed by atoms with Gasteiger partial charge < -0.3 is 14.4 Å². The number of ether oxygens (including phenoxy) is 2. The molecule has 1 saturated heterocycles. The largest absolute Gasteiger partial charge is 0.493 e. The number of carbonyl (C=O) groups excluding carboxylic acids is 2. The van der Waals surface area contributed by atoms with E-state index in [1.807, 2.05) is 6.07 Å². The summed E-state index contributed by atoms with van der Waals surface area (Å²) in [4.78, 5) is 26.7. The third kappa shape index (κ3) is 5.30. The van der Waals surface area contributed by atoms with Gasteiger partial charge in [-0.05, 0) is 60.9 Å². The Kier molecular flexibility index (Phi) is 7.30. The molecule has 0 aromatic heterocycles. The quantitative estimate of drug-likeness (QED) is 0.564. The highest BCUT2D eigenvalue weighted by molar-refractivity contribution is 6.30. The molecule has 0 aliphatic carbocycles. The van der Waals surface area contributed by atoms with E-state index in [9.17, 15) is 9.59 Å². The van der Waals surface area contributed by atoms with Gasteiger partial charge in [0, 0.05) is 29.6 Å². The second kappa shape index (κ2) is 10.1. The van der Waals surface area contributed by atoms with Crippen LogP contribution in [0.2, 0.25) is 5.02 Å². The van der Waals surface area contributed by atoms with Gasteiger partial charge in [0.05, 0.1) is 20.4 Å². The molecule has 0 unspecified atom stereocenters. The zero-order chi connectivity index (χ0) is 21.5. The van der Waals surface area contributed by atoms with Gasteiger partial charge in [-0.25, -0.2) is 5.43 Å².